The third-order valence-corrected chi connectivity index (χ3v) is 16.1. The molecule has 4 N–H and O–H groups in total. The molecule has 8 aliphatic rings. The average Bonchev–Trinajstić information content (AvgIpc) is 3.67. The number of carbonyl (C=O) groups is 1. The van der Waals surface area contributed by atoms with Crippen molar-refractivity contribution in [3.05, 3.63) is 11.6 Å². The molecule has 0 spiro atoms. The summed E-state index contributed by atoms with van der Waals surface area (Å²) in [7, 11) is 1.54. The summed E-state index contributed by atoms with van der Waals surface area (Å²) in [6.07, 6.45) is 3.40. The Hall–Kier alpha value is -1.23. The minimum atomic E-state index is -0.905. The second-order valence-electron chi connectivity index (χ2n) is 18.9. The molecule has 20 atom stereocenters. The predicted octanol–water partition coefficient (Wildman–Crippen LogP) is 3.90. The Morgan fingerprint density at radius 1 is 0.691 bits per heavy atom. The number of esters is 1. The first-order valence-corrected chi connectivity index (χ1v) is 21.2. The summed E-state index contributed by atoms with van der Waals surface area (Å²) in [6.45, 7) is 10.6. The van der Waals surface area contributed by atoms with Gasteiger partial charge in [-0.2, -0.15) is 0 Å². The van der Waals surface area contributed by atoms with Gasteiger partial charge in [-0.3, -0.25) is 0 Å². The van der Waals surface area contributed by atoms with Gasteiger partial charge in [0.05, 0.1) is 48.3 Å². The van der Waals surface area contributed by atoms with E-state index in [-0.39, 0.29) is 60.1 Å². The monoisotopic (exact) mass is 778 g/mol. The van der Waals surface area contributed by atoms with E-state index in [2.05, 4.69) is 13.8 Å². The summed E-state index contributed by atoms with van der Waals surface area (Å²) in [5.74, 6) is 1.15. The highest BCUT2D eigenvalue weighted by atomic mass is 16.7. The maximum Gasteiger partial charge on any atom is 0.331 e. The number of aliphatic hydroxyl groups is 4. The lowest BCUT2D eigenvalue weighted by molar-refractivity contribution is -0.336. The molecule has 7 fully saturated rings. The molecule has 13 nitrogen and oxygen atoms in total. The second kappa shape index (κ2) is 15.4. The number of fused-ring (bicyclic) bond motifs is 5. The molecule has 0 aromatic carbocycles. The van der Waals surface area contributed by atoms with Crippen LogP contribution in [0, 0.1) is 34.5 Å². The lowest BCUT2D eigenvalue weighted by Gasteiger charge is -2.64. The van der Waals surface area contributed by atoms with Crippen molar-refractivity contribution in [2.45, 2.75) is 197 Å². The first-order chi connectivity index (χ1) is 26.1. The van der Waals surface area contributed by atoms with Gasteiger partial charge < -0.3 is 58.3 Å². The molecule has 8 rings (SSSR count). The van der Waals surface area contributed by atoms with E-state index in [0.717, 1.165) is 63.4 Å². The van der Waals surface area contributed by atoms with Gasteiger partial charge in [0.25, 0.3) is 0 Å². The Labute approximate surface area is 325 Å². The van der Waals surface area contributed by atoms with Gasteiger partial charge in [-0.05, 0) is 113 Å². The molecule has 4 heterocycles. The molecule has 3 saturated heterocycles. The Bertz CT molecular complexity index is 1390. The number of carbonyl (C=O) groups excluding carboxylic acids is 1. The molecule has 0 radical (unpaired) electrons. The number of ether oxygens (including phenoxy) is 8. The largest absolute Gasteiger partial charge is 0.458 e. The van der Waals surface area contributed by atoms with Crippen LogP contribution >= 0.6 is 0 Å². The maximum absolute atomic E-state index is 12.6. The van der Waals surface area contributed by atoms with Crippen molar-refractivity contribution >= 4 is 5.97 Å². The minimum absolute atomic E-state index is 0.0309. The maximum atomic E-state index is 12.6. The number of hydrogen-bond acceptors (Lipinski definition) is 13. The Balaban J connectivity index is 0.822. The Morgan fingerprint density at radius 3 is 1.82 bits per heavy atom. The van der Waals surface area contributed by atoms with E-state index < -0.39 is 73.3 Å². The fraction of sp³-hybridized carbons (Fsp3) is 0.929. The fourth-order valence-corrected chi connectivity index (χ4v) is 13.1. The molecule has 0 unspecified atom stereocenters. The van der Waals surface area contributed by atoms with Gasteiger partial charge in [0.1, 0.15) is 24.9 Å². The lowest BCUT2D eigenvalue weighted by atomic mass is 9.43. The summed E-state index contributed by atoms with van der Waals surface area (Å²) < 4.78 is 48.0. The van der Waals surface area contributed by atoms with Crippen LogP contribution in [0.4, 0.5) is 0 Å². The molecule has 0 amide bonds. The van der Waals surface area contributed by atoms with Crippen molar-refractivity contribution in [1.82, 2.24) is 0 Å². The number of rotatable bonds is 8. The smallest absolute Gasteiger partial charge is 0.331 e. The zero-order chi connectivity index (χ0) is 39.0. The van der Waals surface area contributed by atoms with E-state index in [4.69, 9.17) is 37.9 Å². The van der Waals surface area contributed by atoms with Crippen LogP contribution in [0.5, 0.6) is 0 Å². The molecule has 4 aliphatic heterocycles. The van der Waals surface area contributed by atoms with Gasteiger partial charge in [-0.1, -0.05) is 13.8 Å². The first-order valence-electron chi connectivity index (χ1n) is 21.2. The van der Waals surface area contributed by atoms with Crippen LogP contribution in [0.2, 0.25) is 0 Å². The zero-order valence-electron chi connectivity index (χ0n) is 33.5. The van der Waals surface area contributed by atoms with Gasteiger partial charge in [-0.15, -0.1) is 0 Å². The quantitative estimate of drug-likeness (QED) is 0.207. The van der Waals surface area contributed by atoms with Crippen LogP contribution < -0.4 is 0 Å². The summed E-state index contributed by atoms with van der Waals surface area (Å²) >= 11 is 0. The summed E-state index contributed by atoms with van der Waals surface area (Å²) in [5.41, 5.74) is 0.230. The Morgan fingerprint density at radius 2 is 1.27 bits per heavy atom. The van der Waals surface area contributed by atoms with Gasteiger partial charge >= 0.3 is 5.97 Å². The fourth-order valence-electron chi connectivity index (χ4n) is 13.1. The SMILES string of the molecule is CO[C@H]1[C@@H](O)C[C@H](O[C@H]2[C@@H](O)C[C@H](O[C@H]3[C@@H](O)C[C@H](O[C@H]4CC[C@@]5(C)[C@H](CC[C@@H]6[C@@H]5CC[C@]5(C)[C@@H](C7=CC(=O)OC7)CC[C@]65O)C4)O[C@@H]3C)O[C@@H]2C)O[C@@H]1C. The van der Waals surface area contributed by atoms with Gasteiger partial charge in [0.2, 0.25) is 0 Å². The first kappa shape index (κ1) is 40.5. The number of hydrogen-bond donors (Lipinski definition) is 4. The highest BCUT2D eigenvalue weighted by Crippen LogP contribution is 2.70. The predicted molar refractivity (Wildman–Crippen MR) is 196 cm³/mol. The van der Waals surface area contributed by atoms with E-state index in [1.807, 2.05) is 13.8 Å². The van der Waals surface area contributed by atoms with Crippen LogP contribution in [-0.2, 0) is 42.7 Å². The van der Waals surface area contributed by atoms with Crippen LogP contribution in [0.1, 0.15) is 112 Å². The molecule has 0 aromatic heterocycles. The number of aliphatic hydroxyl groups excluding tert-OH is 3. The van der Waals surface area contributed by atoms with Crippen LogP contribution in [0.15, 0.2) is 11.6 Å². The van der Waals surface area contributed by atoms with Crippen molar-refractivity contribution < 1.29 is 63.1 Å². The van der Waals surface area contributed by atoms with Gasteiger partial charge in [0.15, 0.2) is 18.9 Å². The van der Waals surface area contributed by atoms with Crippen LogP contribution in [0.25, 0.3) is 0 Å². The van der Waals surface area contributed by atoms with E-state index >= 15 is 0 Å². The van der Waals surface area contributed by atoms with Crippen molar-refractivity contribution in [3.8, 4) is 0 Å². The molecule has 312 valence electrons. The normalized spacial score (nSPS) is 54.2. The standard InChI is InChI=1S/C42H66O13/c1-21-37(48-6)30(43)17-35(50-21)54-39-23(3)52-36(19-32(39)45)55-38-22(2)51-34(18-31(38)44)53-26-9-12-40(4)25(16-26)7-8-29-28(40)10-13-41(5)27(11-14-42(29,41)47)24-15-33(46)49-20-24/h15,21-23,25-32,34-39,43-45,47H,7-14,16-20H2,1-6H3/t21-,22-,23-,25-,26+,27-,28+,29-,30+,31+,32+,34+,35+,36+,37-,38-,39-,40+,41-,42+/m1/s1. The summed E-state index contributed by atoms with van der Waals surface area (Å²) in [6, 6.07) is 0. The lowest BCUT2D eigenvalue weighted by Crippen LogP contribution is -2.62. The molecular formula is C42H66O13. The second-order valence-corrected chi connectivity index (χ2v) is 18.9. The molecule has 55 heavy (non-hydrogen) atoms. The number of methoxy groups -OCH3 is 1. The summed E-state index contributed by atoms with van der Waals surface area (Å²) in [4.78, 5) is 11.9. The number of cyclic esters (lactones) is 1. The van der Waals surface area contributed by atoms with Crippen molar-refractivity contribution in [2.75, 3.05) is 13.7 Å². The van der Waals surface area contributed by atoms with E-state index in [1.165, 1.54) is 7.11 Å². The van der Waals surface area contributed by atoms with Gasteiger partial charge in [-0.25, -0.2) is 4.79 Å². The molecular weight excluding hydrogens is 712 g/mol. The van der Waals surface area contributed by atoms with Crippen molar-refractivity contribution in [3.63, 3.8) is 0 Å². The molecule has 4 saturated carbocycles. The minimum Gasteiger partial charge on any atom is -0.458 e. The van der Waals surface area contributed by atoms with Crippen molar-refractivity contribution in [1.29, 1.82) is 0 Å². The summed E-state index contributed by atoms with van der Waals surface area (Å²) in [5, 5.41) is 45.4. The average molecular weight is 779 g/mol. The van der Waals surface area contributed by atoms with Crippen LogP contribution in [-0.4, -0.2) is 126 Å². The topological polar surface area (TPSA) is 172 Å². The van der Waals surface area contributed by atoms with Crippen molar-refractivity contribution in [2.24, 2.45) is 34.5 Å². The van der Waals surface area contributed by atoms with E-state index in [1.54, 1.807) is 13.0 Å². The van der Waals surface area contributed by atoms with Gasteiger partial charge in [0, 0.05) is 37.9 Å². The highest BCUT2D eigenvalue weighted by Gasteiger charge is 2.68. The third kappa shape index (κ3) is 7.17. The molecule has 0 bridgehead atoms. The molecule has 13 heteroatoms. The van der Waals surface area contributed by atoms with Crippen LogP contribution in [0.3, 0.4) is 0 Å². The molecule has 4 aliphatic carbocycles. The Kier molecular flexibility index (Phi) is 11.4. The van der Waals surface area contributed by atoms with E-state index in [9.17, 15) is 25.2 Å². The highest BCUT2D eigenvalue weighted by molar-refractivity contribution is 5.85. The van der Waals surface area contributed by atoms with E-state index in [0.29, 0.717) is 18.4 Å². The third-order valence-electron chi connectivity index (χ3n) is 16.1. The molecule has 0 aromatic rings. The zero-order valence-corrected chi connectivity index (χ0v) is 33.5.